The number of aliphatic hydroxyl groups is 2. The number of rotatable bonds is 5. The lowest BCUT2D eigenvalue weighted by Crippen LogP contribution is -2.63. The molecule has 2 aliphatic rings. The van der Waals surface area contributed by atoms with Crippen LogP contribution in [0.4, 0.5) is 0 Å². The monoisotopic (exact) mass is 332 g/mol. The molecule has 1 aromatic rings. The first-order valence-electron chi connectivity index (χ1n) is 9.02. The molecule has 2 fully saturated rings. The molecular weight excluding hydrogens is 304 g/mol. The Morgan fingerprint density at radius 1 is 1.21 bits per heavy atom. The van der Waals surface area contributed by atoms with Crippen molar-refractivity contribution in [2.45, 2.75) is 56.3 Å². The molecule has 0 spiro atoms. The number of hydrogen-bond acceptors (Lipinski definition) is 4. The van der Waals surface area contributed by atoms with Crippen LogP contribution in [0.5, 0.6) is 0 Å². The zero-order valence-corrected chi connectivity index (χ0v) is 14.2. The maximum Gasteiger partial charge on any atom is 0.227 e. The van der Waals surface area contributed by atoms with Gasteiger partial charge < -0.3 is 20.4 Å². The number of β-amino-alcohol motifs (C(OH)–C–C–N with tert-alkyl or cyclic N) is 1. The van der Waals surface area contributed by atoms with Crippen LogP contribution in [0, 0.1) is 0 Å². The van der Waals surface area contributed by atoms with E-state index in [1.165, 1.54) is 12.8 Å². The van der Waals surface area contributed by atoms with Crippen LogP contribution in [0.2, 0.25) is 0 Å². The highest BCUT2D eigenvalue weighted by atomic mass is 16.3. The normalized spacial score (nSPS) is 28.2. The van der Waals surface area contributed by atoms with E-state index in [0.29, 0.717) is 32.0 Å². The van der Waals surface area contributed by atoms with Crippen LogP contribution in [-0.2, 0) is 11.2 Å². The lowest BCUT2D eigenvalue weighted by Gasteiger charge is -2.43. The van der Waals surface area contributed by atoms with Gasteiger partial charge in [-0.3, -0.25) is 4.79 Å². The van der Waals surface area contributed by atoms with Crippen molar-refractivity contribution in [2.75, 3.05) is 19.6 Å². The third kappa shape index (κ3) is 4.15. The molecule has 3 rings (SSSR count). The first-order chi connectivity index (χ1) is 11.6. The van der Waals surface area contributed by atoms with Crippen molar-refractivity contribution in [3.05, 3.63) is 35.9 Å². The molecule has 2 atom stereocenters. The van der Waals surface area contributed by atoms with E-state index in [9.17, 15) is 15.0 Å². The number of hydrogen-bond donors (Lipinski definition) is 3. The largest absolute Gasteiger partial charge is 0.390 e. The summed E-state index contributed by atoms with van der Waals surface area (Å²) in [7, 11) is 0. The van der Waals surface area contributed by atoms with Crippen LogP contribution in [0.1, 0.15) is 37.7 Å². The number of likely N-dealkylation sites (tertiary alicyclic amines) is 1. The second-order valence-electron chi connectivity index (χ2n) is 7.25. The van der Waals surface area contributed by atoms with Crippen LogP contribution in [0.15, 0.2) is 30.3 Å². The fourth-order valence-corrected chi connectivity index (χ4v) is 3.78. The predicted octanol–water partition coefficient (Wildman–Crippen LogP) is 1.09. The zero-order chi connectivity index (χ0) is 17.0. The van der Waals surface area contributed by atoms with Gasteiger partial charge in [0.05, 0.1) is 19.1 Å². The summed E-state index contributed by atoms with van der Waals surface area (Å²) < 4.78 is 0. The summed E-state index contributed by atoms with van der Waals surface area (Å²) in [5.41, 5.74) is -0.283. The summed E-state index contributed by atoms with van der Waals surface area (Å²) in [6, 6.07) is 10.1. The van der Waals surface area contributed by atoms with Gasteiger partial charge in [-0.25, -0.2) is 0 Å². The van der Waals surface area contributed by atoms with Crippen molar-refractivity contribution in [2.24, 2.45) is 0 Å². The van der Waals surface area contributed by atoms with Gasteiger partial charge in [0.2, 0.25) is 5.91 Å². The van der Waals surface area contributed by atoms with Crippen molar-refractivity contribution < 1.29 is 15.0 Å². The van der Waals surface area contributed by atoms with Crippen LogP contribution in [0.25, 0.3) is 0 Å². The number of benzene rings is 1. The molecule has 0 radical (unpaired) electrons. The Morgan fingerprint density at radius 3 is 2.62 bits per heavy atom. The van der Waals surface area contributed by atoms with Crippen molar-refractivity contribution in [3.8, 4) is 0 Å². The lowest BCUT2D eigenvalue weighted by molar-refractivity contribution is -0.150. The van der Waals surface area contributed by atoms with Crippen LogP contribution < -0.4 is 5.32 Å². The minimum absolute atomic E-state index is 0.00684. The average molecular weight is 332 g/mol. The highest BCUT2D eigenvalue weighted by molar-refractivity contribution is 5.79. The van der Waals surface area contributed by atoms with E-state index in [1.807, 2.05) is 30.3 Å². The summed E-state index contributed by atoms with van der Waals surface area (Å²) in [5.74, 6) is 0.00684. The third-order valence-electron chi connectivity index (χ3n) is 5.36. The van der Waals surface area contributed by atoms with Gasteiger partial charge in [-0.2, -0.15) is 0 Å². The predicted molar refractivity (Wildman–Crippen MR) is 92.6 cm³/mol. The molecule has 24 heavy (non-hydrogen) atoms. The Morgan fingerprint density at radius 2 is 1.92 bits per heavy atom. The molecule has 0 aromatic heterocycles. The number of nitrogens with zero attached hydrogens (tertiary/aromatic N) is 1. The Balaban J connectivity index is 1.58. The van der Waals surface area contributed by atoms with E-state index >= 15 is 0 Å². The minimum atomic E-state index is -1.26. The average Bonchev–Trinajstić information content (AvgIpc) is 3.10. The summed E-state index contributed by atoms with van der Waals surface area (Å²) in [4.78, 5) is 14.2. The molecule has 1 saturated carbocycles. The molecule has 1 amide bonds. The first-order valence-corrected chi connectivity index (χ1v) is 9.02. The fraction of sp³-hybridized carbons (Fsp3) is 0.632. The molecule has 1 saturated heterocycles. The van der Waals surface area contributed by atoms with Crippen LogP contribution >= 0.6 is 0 Å². The molecule has 5 nitrogen and oxygen atoms in total. The van der Waals surface area contributed by atoms with Gasteiger partial charge in [0.15, 0.2) is 0 Å². The smallest absolute Gasteiger partial charge is 0.227 e. The number of carbonyl (C=O) groups excluding carboxylic acids is 1. The maximum atomic E-state index is 12.5. The van der Waals surface area contributed by atoms with Crippen LogP contribution in [-0.4, -0.2) is 58.4 Å². The number of nitrogens with one attached hydrogen (secondary N) is 1. The maximum absolute atomic E-state index is 12.5. The highest BCUT2D eigenvalue weighted by Crippen LogP contribution is 2.24. The minimum Gasteiger partial charge on any atom is -0.390 e. The Kier molecular flexibility index (Phi) is 5.54. The molecule has 0 unspecified atom stereocenters. The van der Waals surface area contributed by atoms with Crippen LogP contribution in [0.3, 0.4) is 0 Å². The number of piperidine rings is 1. The Bertz CT molecular complexity index is 545. The highest BCUT2D eigenvalue weighted by Gasteiger charge is 2.42. The van der Waals surface area contributed by atoms with E-state index in [2.05, 4.69) is 5.32 Å². The standard InChI is InChI=1S/C19H28N2O3/c22-17-10-11-21(18(23)12-15-6-2-1-3-7-15)14-19(17,24)13-20-16-8-4-5-9-16/h1-3,6-7,16-17,20,22,24H,4-5,8-14H2/t17-,19+/m0/s1. The summed E-state index contributed by atoms with van der Waals surface area (Å²) >= 11 is 0. The summed E-state index contributed by atoms with van der Waals surface area (Å²) in [5, 5.41) is 24.5. The molecule has 132 valence electrons. The SMILES string of the molecule is O=C(Cc1ccccc1)N1CC[C@H](O)[C@@](O)(CNC2CCCC2)C1. The third-order valence-corrected chi connectivity index (χ3v) is 5.36. The molecule has 5 heteroatoms. The van der Waals surface area contributed by atoms with Gasteiger partial charge >= 0.3 is 0 Å². The molecular formula is C19H28N2O3. The van der Waals surface area contributed by atoms with Gasteiger partial charge in [-0.05, 0) is 24.8 Å². The van der Waals surface area contributed by atoms with E-state index in [1.54, 1.807) is 4.90 Å². The van der Waals surface area contributed by atoms with E-state index in [0.717, 1.165) is 18.4 Å². The van der Waals surface area contributed by atoms with E-state index in [-0.39, 0.29) is 12.5 Å². The van der Waals surface area contributed by atoms with E-state index < -0.39 is 11.7 Å². The molecule has 0 bridgehead atoms. The zero-order valence-electron chi connectivity index (χ0n) is 14.2. The second kappa shape index (κ2) is 7.64. The van der Waals surface area contributed by atoms with Gasteiger partial charge in [0.1, 0.15) is 5.60 Å². The topological polar surface area (TPSA) is 72.8 Å². The molecule has 1 aromatic carbocycles. The van der Waals surface area contributed by atoms with Crippen molar-refractivity contribution in [3.63, 3.8) is 0 Å². The number of aliphatic hydroxyl groups excluding tert-OH is 1. The summed E-state index contributed by atoms with van der Waals surface area (Å²) in [6.07, 6.45) is 4.67. The molecule has 1 heterocycles. The van der Waals surface area contributed by atoms with Gasteiger partial charge in [0, 0.05) is 19.1 Å². The Hall–Kier alpha value is -1.43. The fourth-order valence-electron chi connectivity index (χ4n) is 3.78. The second-order valence-corrected chi connectivity index (χ2v) is 7.25. The van der Waals surface area contributed by atoms with Gasteiger partial charge in [-0.1, -0.05) is 43.2 Å². The van der Waals surface area contributed by atoms with E-state index in [4.69, 9.17) is 0 Å². The number of amides is 1. The van der Waals surface area contributed by atoms with Crippen molar-refractivity contribution in [1.82, 2.24) is 10.2 Å². The number of carbonyl (C=O) groups is 1. The molecule has 1 aliphatic heterocycles. The van der Waals surface area contributed by atoms with Gasteiger partial charge in [-0.15, -0.1) is 0 Å². The Labute approximate surface area is 143 Å². The molecule has 1 aliphatic carbocycles. The lowest BCUT2D eigenvalue weighted by atomic mass is 9.88. The molecule has 3 N–H and O–H groups in total. The van der Waals surface area contributed by atoms with Gasteiger partial charge in [0.25, 0.3) is 0 Å². The first kappa shape index (κ1) is 17.4. The quantitative estimate of drug-likeness (QED) is 0.755. The van der Waals surface area contributed by atoms with Crippen molar-refractivity contribution in [1.29, 1.82) is 0 Å². The summed E-state index contributed by atoms with van der Waals surface area (Å²) in [6.45, 7) is 1.03. The van der Waals surface area contributed by atoms with Crippen molar-refractivity contribution >= 4 is 5.91 Å².